The Hall–Kier alpha value is -1.39. The van der Waals surface area contributed by atoms with Crippen molar-refractivity contribution in [3.63, 3.8) is 0 Å². The largest absolute Gasteiger partial charge is 0.324 e. The van der Waals surface area contributed by atoms with Crippen LogP contribution in [0.1, 0.15) is 45.1 Å². The molecule has 0 spiro atoms. The molecule has 116 valence electrons. The normalized spacial score (nSPS) is 18.4. The van der Waals surface area contributed by atoms with Crippen LogP contribution in [-0.4, -0.2) is 29.4 Å². The van der Waals surface area contributed by atoms with Gasteiger partial charge in [0.25, 0.3) is 0 Å². The molecule has 3 N–H and O–H groups in total. The van der Waals surface area contributed by atoms with Crippen molar-refractivity contribution in [3.05, 3.63) is 29.8 Å². The van der Waals surface area contributed by atoms with E-state index in [0.717, 1.165) is 18.7 Å². The lowest BCUT2D eigenvalue weighted by molar-refractivity contribution is -0.120. The number of amides is 1. The van der Waals surface area contributed by atoms with E-state index in [4.69, 9.17) is 5.73 Å². The second-order valence-corrected chi connectivity index (χ2v) is 6.31. The molecule has 1 aliphatic rings. The van der Waals surface area contributed by atoms with E-state index in [-0.39, 0.29) is 5.91 Å². The molecule has 0 aromatic heterocycles. The lowest BCUT2D eigenvalue weighted by atomic mass is 9.96. The van der Waals surface area contributed by atoms with Gasteiger partial charge in [0.15, 0.2) is 0 Å². The molecule has 1 aromatic carbocycles. The first-order valence-corrected chi connectivity index (χ1v) is 7.93. The first kappa shape index (κ1) is 16.0. The molecule has 1 saturated heterocycles. The van der Waals surface area contributed by atoms with Gasteiger partial charge < -0.3 is 11.1 Å². The van der Waals surface area contributed by atoms with Crippen molar-refractivity contribution in [2.24, 2.45) is 5.73 Å². The number of anilines is 1. The Morgan fingerprint density at radius 1 is 1.38 bits per heavy atom. The molecule has 1 atom stereocenters. The lowest BCUT2D eigenvalue weighted by Crippen LogP contribution is -2.48. The Labute approximate surface area is 127 Å². The molecule has 1 aliphatic heterocycles. The number of carbonyl (C=O) groups is 1. The van der Waals surface area contributed by atoms with E-state index in [9.17, 15) is 4.79 Å². The number of nitrogens with two attached hydrogens (primary N) is 1. The molecule has 4 nitrogen and oxygen atoms in total. The highest BCUT2D eigenvalue weighted by Crippen LogP contribution is 2.18. The van der Waals surface area contributed by atoms with Crippen molar-refractivity contribution in [2.45, 2.75) is 51.6 Å². The molecule has 1 fully saturated rings. The van der Waals surface area contributed by atoms with E-state index in [1.54, 1.807) is 6.92 Å². The van der Waals surface area contributed by atoms with Gasteiger partial charge in [0, 0.05) is 12.2 Å². The number of carbonyl (C=O) groups excluding carboxylic acids is 1. The van der Waals surface area contributed by atoms with Crippen LogP contribution >= 0.6 is 0 Å². The number of benzene rings is 1. The molecule has 0 aliphatic carbocycles. The predicted octanol–water partition coefficient (Wildman–Crippen LogP) is 2.74. The lowest BCUT2D eigenvalue weighted by Gasteiger charge is -2.23. The van der Waals surface area contributed by atoms with Crippen molar-refractivity contribution in [3.8, 4) is 0 Å². The maximum Gasteiger partial charge on any atom is 0.244 e. The fourth-order valence-corrected chi connectivity index (χ4v) is 2.85. The van der Waals surface area contributed by atoms with Gasteiger partial charge in [-0.1, -0.05) is 25.5 Å². The number of nitrogens with one attached hydrogen (secondary N) is 1. The summed E-state index contributed by atoms with van der Waals surface area (Å²) in [6, 6.07) is 8.09. The highest BCUT2D eigenvalue weighted by Gasteiger charge is 2.27. The van der Waals surface area contributed by atoms with E-state index in [2.05, 4.69) is 22.3 Å². The third-order valence-electron chi connectivity index (χ3n) is 4.08. The molecule has 2 rings (SSSR count). The number of likely N-dealkylation sites (tertiary alicyclic amines) is 1. The van der Waals surface area contributed by atoms with Gasteiger partial charge in [-0.15, -0.1) is 0 Å². The van der Waals surface area contributed by atoms with Gasteiger partial charge in [-0.25, -0.2) is 0 Å². The van der Waals surface area contributed by atoms with E-state index >= 15 is 0 Å². The third-order valence-corrected chi connectivity index (χ3v) is 4.08. The van der Waals surface area contributed by atoms with Crippen LogP contribution in [0.2, 0.25) is 0 Å². The summed E-state index contributed by atoms with van der Waals surface area (Å²) < 4.78 is 0. The molecule has 21 heavy (non-hydrogen) atoms. The first-order valence-electron chi connectivity index (χ1n) is 7.93. The smallest absolute Gasteiger partial charge is 0.244 e. The number of rotatable bonds is 6. The van der Waals surface area contributed by atoms with Crippen LogP contribution in [0.3, 0.4) is 0 Å². The SMILES string of the molecule is CCCC(C)(N)C(=O)Nc1cccc(CN2CCCC2)c1. The van der Waals surface area contributed by atoms with Gasteiger partial charge in [-0.05, 0) is 57.0 Å². The average Bonchev–Trinajstić information content (AvgIpc) is 2.92. The van der Waals surface area contributed by atoms with Gasteiger partial charge in [0.05, 0.1) is 5.54 Å². The summed E-state index contributed by atoms with van der Waals surface area (Å²) >= 11 is 0. The molecule has 1 heterocycles. The second-order valence-electron chi connectivity index (χ2n) is 6.31. The summed E-state index contributed by atoms with van der Waals surface area (Å²) in [4.78, 5) is 14.7. The van der Waals surface area contributed by atoms with Gasteiger partial charge in [0.1, 0.15) is 0 Å². The predicted molar refractivity (Wildman–Crippen MR) is 87.1 cm³/mol. The maximum absolute atomic E-state index is 12.2. The summed E-state index contributed by atoms with van der Waals surface area (Å²) in [7, 11) is 0. The minimum atomic E-state index is -0.806. The molecule has 1 aromatic rings. The monoisotopic (exact) mass is 289 g/mol. The van der Waals surface area contributed by atoms with Crippen LogP contribution in [0.4, 0.5) is 5.69 Å². The Balaban J connectivity index is 1.98. The molecule has 1 amide bonds. The van der Waals surface area contributed by atoms with Crippen molar-refractivity contribution < 1.29 is 4.79 Å². The Morgan fingerprint density at radius 2 is 2.10 bits per heavy atom. The third kappa shape index (κ3) is 4.55. The highest BCUT2D eigenvalue weighted by atomic mass is 16.2. The Bertz CT molecular complexity index is 479. The van der Waals surface area contributed by atoms with Crippen molar-refractivity contribution in [1.29, 1.82) is 0 Å². The summed E-state index contributed by atoms with van der Waals surface area (Å²) in [6.07, 6.45) is 4.17. The van der Waals surface area contributed by atoms with Gasteiger partial charge in [0.2, 0.25) is 5.91 Å². The molecular weight excluding hydrogens is 262 g/mol. The molecule has 0 saturated carbocycles. The Kier molecular flexibility index (Phi) is 5.37. The summed E-state index contributed by atoms with van der Waals surface area (Å²) in [5.41, 5.74) is 7.34. The van der Waals surface area contributed by atoms with Gasteiger partial charge in [-0.2, -0.15) is 0 Å². The molecule has 0 bridgehead atoms. The van der Waals surface area contributed by atoms with E-state index in [0.29, 0.717) is 6.42 Å². The highest BCUT2D eigenvalue weighted by molar-refractivity contribution is 5.97. The summed E-state index contributed by atoms with van der Waals surface area (Å²) in [6.45, 7) is 7.13. The molecular formula is C17H27N3O. The van der Waals surface area contributed by atoms with Crippen LogP contribution in [0.25, 0.3) is 0 Å². The van der Waals surface area contributed by atoms with E-state index in [1.807, 2.05) is 19.1 Å². The van der Waals surface area contributed by atoms with Crippen LogP contribution in [-0.2, 0) is 11.3 Å². The molecule has 0 radical (unpaired) electrons. The van der Waals surface area contributed by atoms with Crippen molar-refractivity contribution in [2.75, 3.05) is 18.4 Å². The van der Waals surface area contributed by atoms with Gasteiger partial charge >= 0.3 is 0 Å². The van der Waals surface area contributed by atoms with E-state index < -0.39 is 5.54 Å². The maximum atomic E-state index is 12.2. The number of hydrogen-bond acceptors (Lipinski definition) is 3. The Morgan fingerprint density at radius 3 is 2.76 bits per heavy atom. The topological polar surface area (TPSA) is 58.4 Å². The van der Waals surface area contributed by atoms with Crippen molar-refractivity contribution in [1.82, 2.24) is 4.90 Å². The van der Waals surface area contributed by atoms with Crippen molar-refractivity contribution >= 4 is 11.6 Å². The molecule has 1 unspecified atom stereocenters. The molecule has 4 heteroatoms. The quantitative estimate of drug-likeness (QED) is 0.846. The number of nitrogens with zero attached hydrogens (tertiary/aromatic N) is 1. The van der Waals surface area contributed by atoms with Crippen LogP contribution < -0.4 is 11.1 Å². The van der Waals surface area contributed by atoms with Crippen LogP contribution in [0, 0.1) is 0 Å². The minimum Gasteiger partial charge on any atom is -0.324 e. The van der Waals surface area contributed by atoms with Crippen LogP contribution in [0.5, 0.6) is 0 Å². The minimum absolute atomic E-state index is 0.109. The summed E-state index contributed by atoms with van der Waals surface area (Å²) in [5, 5.41) is 2.95. The zero-order valence-corrected chi connectivity index (χ0v) is 13.2. The van der Waals surface area contributed by atoms with E-state index in [1.165, 1.54) is 31.5 Å². The fourth-order valence-electron chi connectivity index (χ4n) is 2.85. The first-order chi connectivity index (χ1) is 10.0. The fraction of sp³-hybridized carbons (Fsp3) is 0.588. The van der Waals surface area contributed by atoms with Gasteiger partial charge in [-0.3, -0.25) is 9.69 Å². The standard InChI is InChI=1S/C17H27N3O/c1-3-9-17(2,18)16(21)19-15-8-6-7-14(12-15)13-20-10-4-5-11-20/h6-8,12H,3-5,9-11,13,18H2,1-2H3,(H,19,21). The van der Waals surface area contributed by atoms with Crippen LogP contribution in [0.15, 0.2) is 24.3 Å². The zero-order valence-electron chi connectivity index (χ0n) is 13.2. The number of hydrogen-bond donors (Lipinski definition) is 2. The second kappa shape index (κ2) is 7.05. The zero-order chi connectivity index (χ0) is 15.3. The average molecular weight is 289 g/mol. The summed E-state index contributed by atoms with van der Waals surface area (Å²) in [5.74, 6) is -0.109.